The highest BCUT2D eigenvalue weighted by molar-refractivity contribution is 5.18. The van der Waals surface area contributed by atoms with E-state index in [2.05, 4.69) is 18.5 Å². The zero-order valence-corrected chi connectivity index (χ0v) is 18.8. The van der Waals surface area contributed by atoms with E-state index in [-0.39, 0.29) is 17.3 Å². The Morgan fingerprint density at radius 2 is 2.10 bits per heavy atom. The normalized spacial score (nSPS) is 38.5. The molecule has 31 heavy (non-hydrogen) atoms. The number of H-pyrrole nitrogens is 1. The van der Waals surface area contributed by atoms with Crippen LogP contribution in [0.2, 0.25) is 0 Å². The first-order chi connectivity index (χ1) is 15.0. The zero-order chi connectivity index (χ0) is 21.4. The summed E-state index contributed by atoms with van der Waals surface area (Å²) in [5.74, 6) is 2.81. The molecule has 1 saturated heterocycles. The Morgan fingerprint density at radius 1 is 1.26 bits per heavy atom. The number of aromatic amines is 1. The third-order valence-corrected chi connectivity index (χ3v) is 8.84. The average Bonchev–Trinajstić information content (AvgIpc) is 3.30. The van der Waals surface area contributed by atoms with E-state index in [0.717, 1.165) is 25.9 Å². The molecule has 3 aliphatic carbocycles. The van der Waals surface area contributed by atoms with Gasteiger partial charge in [0, 0.05) is 24.1 Å². The van der Waals surface area contributed by atoms with Gasteiger partial charge in [-0.2, -0.15) is 0 Å². The number of fused-ring (bicyclic) bond motifs is 3. The number of aromatic nitrogens is 1. The van der Waals surface area contributed by atoms with Gasteiger partial charge in [-0.25, -0.2) is 0 Å². The van der Waals surface area contributed by atoms with Gasteiger partial charge in [0.15, 0.2) is 6.29 Å². The molecule has 1 aromatic rings. The lowest BCUT2D eigenvalue weighted by atomic mass is 9.50. The van der Waals surface area contributed by atoms with E-state index in [4.69, 9.17) is 14.2 Å². The topological polar surface area (TPSA) is 60.6 Å². The summed E-state index contributed by atoms with van der Waals surface area (Å²) < 4.78 is 18.8. The van der Waals surface area contributed by atoms with Crippen LogP contribution in [0.1, 0.15) is 64.7 Å². The molecule has 170 valence electrons. The molecule has 1 aliphatic heterocycles. The van der Waals surface area contributed by atoms with Gasteiger partial charge in [0.2, 0.25) is 0 Å². The molecule has 5 unspecified atom stereocenters. The summed E-state index contributed by atoms with van der Waals surface area (Å²) in [5.41, 5.74) is 1.47. The van der Waals surface area contributed by atoms with E-state index in [0.29, 0.717) is 42.1 Å². The Bertz CT molecular complexity index is 844. The Morgan fingerprint density at radius 3 is 2.90 bits per heavy atom. The van der Waals surface area contributed by atoms with Crippen molar-refractivity contribution in [3.05, 3.63) is 40.8 Å². The summed E-state index contributed by atoms with van der Waals surface area (Å²) in [5, 5.41) is 0. The lowest BCUT2D eigenvalue weighted by molar-refractivity contribution is -0.284. The van der Waals surface area contributed by atoms with Crippen molar-refractivity contribution in [3.63, 3.8) is 0 Å². The summed E-state index contributed by atoms with van der Waals surface area (Å²) >= 11 is 0. The van der Waals surface area contributed by atoms with Gasteiger partial charge in [-0.1, -0.05) is 31.9 Å². The fourth-order valence-corrected chi connectivity index (χ4v) is 7.19. The minimum absolute atomic E-state index is 0.0323. The second-order valence-corrected chi connectivity index (χ2v) is 10.5. The molecule has 0 amide bonds. The molecule has 0 spiro atoms. The Hall–Kier alpha value is -1.59. The molecule has 3 saturated carbocycles. The number of rotatable bonds is 5. The third kappa shape index (κ3) is 4.11. The fraction of sp³-hybridized carbons (Fsp3) is 0.731. The largest absolute Gasteiger partial charge is 0.493 e. The first-order valence-electron chi connectivity index (χ1n) is 12.3. The highest BCUT2D eigenvalue weighted by Crippen LogP contribution is 2.59. The van der Waals surface area contributed by atoms with Crippen molar-refractivity contribution in [1.82, 2.24) is 4.98 Å². The van der Waals surface area contributed by atoms with E-state index >= 15 is 0 Å². The van der Waals surface area contributed by atoms with Crippen molar-refractivity contribution in [3.8, 4) is 5.75 Å². The minimum atomic E-state index is -0.127. The van der Waals surface area contributed by atoms with Crippen LogP contribution in [0, 0.1) is 29.1 Å². The Labute approximate surface area is 185 Å². The number of allylic oxidation sites excluding steroid dienone is 1. The van der Waals surface area contributed by atoms with Gasteiger partial charge >= 0.3 is 0 Å². The first-order valence-corrected chi connectivity index (χ1v) is 12.3. The first kappa shape index (κ1) is 21.3. The van der Waals surface area contributed by atoms with Crippen LogP contribution in [-0.4, -0.2) is 30.6 Å². The number of pyridine rings is 1. The van der Waals surface area contributed by atoms with Crippen LogP contribution in [0.15, 0.2) is 35.3 Å². The lowest BCUT2D eigenvalue weighted by Crippen LogP contribution is -2.56. The van der Waals surface area contributed by atoms with Gasteiger partial charge in [-0.15, -0.1) is 0 Å². The number of hydrogen-bond donors (Lipinski definition) is 1. The molecule has 4 aliphatic rings. The summed E-state index contributed by atoms with van der Waals surface area (Å²) in [6.07, 6.45) is 12.7. The smallest absolute Gasteiger partial charge is 0.251 e. The molecule has 4 fully saturated rings. The number of hydrogen-bond acceptors (Lipinski definition) is 4. The second kappa shape index (κ2) is 8.74. The summed E-state index contributed by atoms with van der Waals surface area (Å²) in [6.45, 7) is 8.41. The number of ether oxygens (including phenoxy) is 3. The molecule has 6 atom stereocenters. The maximum absolute atomic E-state index is 11.5. The predicted molar refractivity (Wildman–Crippen MR) is 120 cm³/mol. The van der Waals surface area contributed by atoms with Crippen LogP contribution in [0.25, 0.3) is 0 Å². The van der Waals surface area contributed by atoms with Crippen molar-refractivity contribution in [2.45, 2.75) is 77.1 Å². The third-order valence-electron chi connectivity index (χ3n) is 8.84. The summed E-state index contributed by atoms with van der Waals surface area (Å²) in [6, 6.07) is 3.33. The summed E-state index contributed by atoms with van der Waals surface area (Å²) in [7, 11) is 0. The molecule has 1 N–H and O–H groups in total. The minimum Gasteiger partial charge on any atom is -0.493 e. The lowest BCUT2D eigenvalue weighted by Gasteiger charge is -2.58. The molecule has 0 aromatic carbocycles. The SMILES string of the molecule is C=C1CCC2C3CO[C@@H](C4CCCC4)OC3CCC2(C)C1CCOc1cc[nH]c(=O)c1. The molecule has 5 rings (SSSR count). The van der Waals surface area contributed by atoms with E-state index in [1.807, 2.05) is 6.07 Å². The highest BCUT2D eigenvalue weighted by Gasteiger charge is 2.54. The highest BCUT2D eigenvalue weighted by atomic mass is 16.7. The Balaban J connectivity index is 1.24. The fourth-order valence-electron chi connectivity index (χ4n) is 7.19. The van der Waals surface area contributed by atoms with Crippen molar-refractivity contribution < 1.29 is 14.2 Å². The molecule has 0 bridgehead atoms. The Kier molecular flexibility index (Phi) is 6.00. The zero-order valence-electron chi connectivity index (χ0n) is 18.8. The molecular formula is C26H37NO4. The van der Waals surface area contributed by atoms with Gasteiger partial charge in [0.05, 0.1) is 19.3 Å². The van der Waals surface area contributed by atoms with Crippen molar-refractivity contribution in [2.24, 2.45) is 29.1 Å². The molecule has 2 heterocycles. The van der Waals surface area contributed by atoms with Gasteiger partial charge in [0.1, 0.15) is 5.75 Å². The van der Waals surface area contributed by atoms with E-state index in [9.17, 15) is 4.79 Å². The van der Waals surface area contributed by atoms with Gasteiger partial charge < -0.3 is 19.2 Å². The average molecular weight is 428 g/mol. The van der Waals surface area contributed by atoms with Crippen LogP contribution in [0.5, 0.6) is 5.75 Å². The van der Waals surface area contributed by atoms with Crippen molar-refractivity contribution in [1.29, 1.82) is 0 Å². The van der Waals surface area contributed by atoms with Crippen LogP contribution >= 0.6 is 0 Å². The van der Waals surface area contributed by atoms with Crippen molar-refractivity contribution in [2.75, 3.05) is 13.2 Å². The van der Waals surface area contributed by atoms with E-state index in [1.54, 1.807) is 6.20 Å². The van der Waals surface area contributed by atoms with Gasteiger partial charge in [-0.05, 0) is 68.3 Å². The number of nitrogens with one attached hydrogen (secondary N) is 1. The second-order valence-electron chi connectivity index (χ2n) is 10.5. The maximum atomic E-state index is 11.5. The van der Waals surface area contributed by atoms with Crippen LogP contribution < -0.4 is 10.3 Å². The van der Waals surface area contributed by atoms with E-state index < -0.39 is 0 Å². The van der Waals surface area contributed by atoms with E-state index in [1.165, 1.54) is 50.2 Å². The van der Waals surface area contributed by atoms with Gasteiger partial charge in [0.25, 0.3) is 5.56 Å². The van der Waals surface area contributed by atoms with Gasteiger partial charge in [-0.3, -0.25) is 4.79 Å². The van der Waals surface area contributed by atoms with Crippen LogP contribution in [0.4, 0.5) is 0 Å². The molecular weight excluding hydrogens is 390 g/mol. The predicted octanol–water partition coefficient (Wildman–Crippen LogP) is 5.07. The molecule has 5 nitrogen and oxygen atoms in total. The van der Waals surface area contributed by atoms with Crippen LogP contribution in [0.3, 0.4) is 0 Å². The summed E-state index contributed by atoms with van der Waals surface area (Å²) in [4.78, 5) is 14.1. The quantitative estimate of drug-likeness (QED) is 0.666. The standard InChI is InChI=1S/C26H37NO4/c1-17-7-8-22-20-16-30-25(18-5-3-4-6-18)31-23(20)9-12-26(22,2)21(17)11-14-29-19-10-13-27-24(28)15-19/h10,13,15,18,20-23,25H,1,3-9,11-12,14,16H2,2H3,(H,27,28)/t20?,21?,22?,23?,25-,26?/m1/s1. The molecule has 0 radical (unpaired) electrons. The van der Waals surface area contributed by atoms with Crippen LogP contribution in [-0.2, 0) is 9.47 Å². The molecule has 1 aromatic heterocycles. The van der Waals surface area contributed by atoms with Crippen molar-refractivity contribution >= 4 is 0 Å². The maximum Gasteiger partial charge on any atom is 0.251 e. The monoisotopic (exact) mass is 427 g/mol. The molecule has 5 heteroatoms.